The largest absolute Gasteiger partial charge is 0.368 e. The van der Waals surface area contributed by atoms with E-state index >= 15 is 0 Å². The molecule has 1 heterocycles. The highest BCUT2D eigenvalue weighted by Gasteiger charge is 1.55. The van der Waals surface area contributed by atoms with E-state index in [-0.39, 0.29) is 25.9 Å². The lowest BCUT2D eigenvalue weighted by Gasteiger charge is -1.49. The molecular formula is C4H8ClNS. The normalized spacial score (nSPS) is 5.71. The van der Waals surface area contributed by atoms with E-state index in [0.717, 1.165) is 0 Å². The van der Waals surface area contributed by atoms with Gasteiger partial charge in [-0.3, -0.25) is 0 Å². The molecule has 1 N–H and O–H groups in total. The predicted octanol–water partition coefficient (Wildman–Crippen LogP) is 1.55. The average molecular weight is 138 g/mol. The van der Waals surface area contributed by atoms with Gasteiger partial charge in [0.05, 0.1) is 0 Å². The van der Waals surface area contributed by atoms with Crippen LogP contribution in [-0.4, -0.2) is 4.98 Å². The molecule has 0 saturated carbocycles. The molecule has 1 rings (SSSR count). The highest BCUT2D eigenvalue weighted by atomic mass is 35.5. The first-order chi connectivity index (χ1) is 2.50. The first kappa shape index (κ1) is 10.0. The second kappa shape index (κ2) is 5.92. The molecule has 0 bridgehead atoms. The lowest BCUT2D eigenvalue weighted by molar-refractivity contribution is 1.42. The zero-order chi connectivity index (χ0) is 3.54. The van der Waals surface area contributed by atoms with Gasteiger partial charge in [-0.1, -0.05) is 0 Å². The summed E-state index contributed by atoms with van der Waals surface area (Å²) in [5.41, 5.74) is 0. The molecule has 3 heteroatoms. The Morgan fingerprint density at radius 2 is 1.43 bits per heavy atom. The van der Waals surface area contributed by atoms with Crippen molar-refractivity contribution in [3.8, 4) is 0 Å². The van der Waals surface area contributed by atoms with E-state index in [0.29, 0.717) is 0 Å². The first-order valence-electron chi connectivity index (χ1n) is 1.58. The predicted molar refractivity (Wildman–Crippen MR) is 38.4 cm³/mol. The molecule has 0 fully saturated rings. The number of aromatic nitrogens is 1. The number of halogens is 1. The summed E-state index contributed by atoms with van der Waals surface area (Å²) in [6.07, 6.45) is 3.75. The van der Waals surface area contributed by atoms with Gasteiger partial charge in [-0.25, -0.2) is 0 Å². The molecular weight excluding hydrogens is 130 g/mol. The van der Waals surface area contributed by atoms with Crippen LogP contribution >= 0.6 is 25.9 Å². The maximum absolute atomic E-state index is 2.86. The zero-order valence-corrected chi connectivity index (χ0v) is 5.53. The SMILES string of the molecule is Cl.S.c1cc[nH]c1. The topological polar surface area (TPSA) is 15.8 Å². The maximum Gasteiger partial charge on any atom is 0.000496 e. The lowest BCUT2D eigenvalue weighted by atomic mass is 10.7. The van der Waals surface area contributed by atoms with Gasteiger partial charge in [0.15, 0.2) is 0 Å². The summed E-state index contributed by atoms with van der Waals surface area (Å²) in [6, 6.07) is 3.89. The third-order valence-corrected chi connectivity index (χ3v) is 0.496. The van der Waals surface area contributed by atoms with Gasteiger partial charge in [0.2, 0.25) is 0 Å². The lowest BCUT2D eigenvalue weighted by Crippen LogP contribution is -1.38. The molecule has 7 heavy (non-hydrogen) atoms. The van der Waals surface area contributed by atoms with Gasteiger partial charge in [-0.2, -0.15) is 13.5 Å². The average Bonchev–Trinajstić information content (AvgIpc) is 1.76. The highest BCUT2D eigenvalue weighted by molar-refractivity contribution is 7.59. The number of nitrogens with one attached hydrogen (secondary N) is 1. The molecule has 42 valence electrons. The van der Waals surface area contributed by atoms with Crippen molar-refractivity contribution >= 4 is 25.9 Å². The van der Waals surface area contributed by atoms with Gasteiger partial charge in [-0.15, -0.1) is 12.4 Å². The molecule has 0 aliphatic carbocycles. The second-order valence-electron chi connectivity index (χ2n) is 0.885. The van der Waals surface area contributed by atoms with E-state index in [4.69, 9.17) is 0 Å². The van der Waals surface area contributed by atoms with Crippen molar-refractivity contribution in [2.24, 2.45) is 0 Å². The number of hydrogen-bond donors (Lipinski definition) is 1. The summed E-state index contributed by atoms with van der Waals surface area (Å²) in [5.74, 6) is 0. The summed E-state index contributed by atoms with van der Waals surface area (Å²) < 4.78 is 0. The highest BCUT2D eigenvalue weighted by Crippen LogP contribution is 1.72. The molecule has 1 nitrogen and oxygen atoms in total. The molecule has 0 aromatic carbocycles. The minimum Gasteiger partial charge on any atom is -0.368 e. The van der Waals surface area contributed by atoms with Crippen LogP contribution in [0, 0.1) is 0 Å². The molecule has 0 spiro atoms. The van der Waals surface area contributed by atoms with Gasteiger partial charge in [0.25, 0.3) is 0 Å². The number of H-pyrrole nitrogens is 1. The molecule has 1 aromatic rings. The summed E-state index contributed by atoms with van der Waals surface area (Å²) in [7, 11) is 0. The van der Waals surface area contributed by atoms with E-state index < -0.39 is 0 Å². The van der Waals surface area contributed by atoms with Crippen molar-refractivity contribution in [2.75, 3.05) is 0 Å². The first-order valence-corrected chi connectivity index (χ1v) is 1.58. The molecule has 0 aliphatic heterocycles. The minimum absolute atomic E-state index is 0. The molecule has 0 unspecified atom stereocenters. The Bertz CT molecular complexity index is 68.2. The van der Waals surface area contributed by atoms with Crippen LogP contribution in [0.4, 0.5) is 0 Å². The number of aromatic amines is 1. The molecule has 0 amide bonds. The van der Waals surface area contributed by atoms with Crippen molar-refractivity contribution in [1.29, 1.82) is 0 Å². The maximum atomic E-state index is 2.86. The monoisotopic (exact) mass is 137 g/mol. The van der Waals surface area contributed by atoms with Crippen LogP contribution in [0.15, 0.2) is 24.5 Å². The fourth-order valence-corrected chi connectivity index (χ4v) is 0.278. The van der Waals surface area contributed by atoms with Gasteiger partial charge in [0, 0.05) is 12.4 Å². The summed E-state index contributed by atoms with van der Waals surface area (Å²) in [5, 5.41) is 0. The number of rotatable bonds is 0. The Morgan fingerprint density at radius 3 is 1.57 bits per heavy atom. The van der Waals surface area contributed by atoms with E-state index in [9.17, 15) is 0 Å². The zero-order valence-electron chi connectivity index (χ0n) is 3.72. The van der Waals surface area contributed by atoms with Gasteiger partial charge < -0.3 is 4.98 Å². The Hall–Kier alpha value is -0.0800. The molecule has 0 saturated heterocycles. The Morgan fingerprint density at radius 1 is 1.00 bits per heavy atom. The Labute approximate surface area is 56.0 Å². The van der Waals surface area contributed by atoms with E-state index in [1.165, 1.54) is 0 Å². The van der Waals surface area contributed by atoms with Crippen molar-refractivity contribution in [2.45, 2.75) is 0 Å². The summed E-state index contributed by atoms with van der Waals surface area (Å²) in [6.45, 7) is 0. The van der Waals surface area contributed by atoms with Crippen LogP contribution in [0.2, 0.25) is 0 Å². The van der Waals surface area contributed by atoms with Crippen molar-refractivity contribution in [1.82, 2.24) is 4.98 Å². The molecule has 0 aliphatic rings. The van der Waals surface area contributed by atoms with Crippen molar-refractivity contribution in [3.05, 3.63) is 24.5 Å². The third kappa shape index (κ3) is 3.76. The van der Waals surface area contributed by atoms with Crippen LogP contribution in [0.1, 0.15) is 0 Å². The van der Waals surface area contributed by atoms with Gasteiger partial charge in [-0.05, 0) is 12.1 Å². The van der Waals surface area contributed by atoms with Crippen LogP contribution in [0.25, 0.3) is 0 Å². The molecule has 0 atom stereocenters. The standard InChI is InChI=1S/C4H5N.ClH.H2S/c1-2-4-5-3-1;;/h1-5H;1H;1H2. The van der Waals surface area contributed by atoms with Gasteiger partial charge in [0.1, 0.15) is 0 Å². The smallest absolute Gasteiger partial charge is 0.000496 e. The Balaban J connectivity index is 0. The minimum atomic E-state index is 0. The van der Waals surface area contributed by atoms with Crippen LogP contribution < -0.4 is 0 Å². The third-order valence-electron chi connectivity index (χ3n) is 0.496. The molecule has 0 radical (unpaired) electrons. The fourth-order valence-electron chi connectivity index (χ4n) is 0.278. The van der Waals surface area contributed by atoms with Crippen LogP contribution in [0.5, 0.6) is 0 Å². The van der Waals surface area contributed by atoms with Crippen LogP contribution in [0.3, 0.4) is 0 Å². The van der Waals surface area contributed by atoms with E-state index in [1.807, 2.05) is 24.5 Å². The van der Waals surface area contributed by atoms with Crippen LogP contribution in [-0.2, 0) is 0 Å². The molecule has 1 aromatic heterocycles. The quantitative estimate of drug-likeness (QED) is 0.559. The fraction of sp³-hybridized carbons (Fsp3) is 0. The summed E-state index contributed by atoms with van der Waals surface area (Å²) in [4.78, 5) is 2.86. The van der Waals surface area contributed by atoms with Crippen molar-refractivity contribution < 1.29 is 0 Å². The van der Waals surface area contributed by atoms with E-state index in [2.05, 4.69) is 4.98 Å². The Kier molecular flexibility index (Phi) is 8.47. The van der Waals surface area contributed by atoms with Crippen molar-refractivity contribution in [3.63, 3.8) is 0 Å². The van der Waals surface area contributed by atoms with E-state index in [1.54, 1.807) is 0 Å². The second-order valence-corrected chi connectivity index (χ2v) is 0.885. The summed E-state index contributed by atoms with van der Waals surface area (Å²) >= 11 is 0. The van der Waals surface area contributed by atoms with Gasteiger partial charge >= 0.3 is 0 Å². The number of hydrogen-bond acceptors (Lipinski definition) is 0.